The minimum Gasteiger partial charge on any atom is -0.352 e. The summed E-state index contributed by atoms with van der Waals surface area (Å²) in [6.07, 6.45) is 1.57. The molecule has 1 unspecified atom stereocenters. The molecule has 1 amide bonds. The second kappa shape index (κ2) is 3.87. The van der Waals surface area contributed by atoms with Crippen molar-refractivity contribution < 1.29 is 4.79 Å². The number of carbonyl (C=O) groups excluding carboxylic acids is 1. The number of rotatable bonds is 2. The zero-order valence-electron chi connectivity index (χ0n) is 9.81. The van der Waals surface area contributed by atoms with Crippen LogP contribution in [0.15, 0.2) is 24.3 Å². The number of hydrogen-bond donors (Lipinski definition) is 1. The van der Waals surface area contributed by atoms with Gasteiger partial charge in [0, 0.05) is 19.0 Å². The third-order valence-electron chi connectivity index (χ3n) is 3.33. The van der Waals surface area contributed by atoms with Crippen molar-refractivity contribution in [2.24, 2.45) is 0 Å². The number of fused-ring (bicyclic) bond motifs is 1. The molecule has 1 atom stereocenters. The third kappa shape index (κ3) is 1.79. The second-order valence-corrected chi connectivity index (χ2v) is 4.56. The Hall–Kier alpha value is -1.84. The van der Waals surface area contributed by atoms with Gasteiger partial charge in [-0.1, -0.05) is 12.1 Å². The molecule has 1 fully saturated rings. The Morgan fingerprint density at radius 3 is 3.06 bits per heavy atom. The van der Waals surface area contributed by atoms with Crippen LogP contribution in [0.2, 0.25) is 0 Å². The van der Waals surface area contributed by atoms with Gasteiger partial charge < -0.3 is 9.88 Å². The summed E-state index contributed by atoms with van der Waals surface area (Å²) in [7, 11) is 0. The summed E-state index contributed by atoms with van der Waals surface area (Å²) in [5.41, 5.74) is 2.17. The highest BCUT2D eigenvalue weighted by Gasteiger charge is 2.22. The molecule has 3 rings (SSSR count). The molecule has 4 nitrogen and oxygen atoms in total. The number of carbonyl (C=O) groups is 1. The van der Waals surface area contributed by atoms with Crippen molar-refractivity contribution in [2.75, 3.05) is 0 Å². The zero-order valence-corrected chi connectivity index (χ0v) is 9.81. The van der Waals surface area contributed by atoms with Gasteiger partial charge in [-0.15, -0.1) is 0 Å². The van der Waals surface area contributed by atoms with E-state index in [-0.39, 0.29) is 11.9 Å². The van der Waals surface area contributed by atoms with Gasteiger partial charge in [0.2, 0.25) is 5.91 Å². The normalized spacial score (nSPS) is 19.8. The molecule has 1 aromatic heterocycles. The van der Waals surface area contributed by atoms with Crippen LogP contribution in [0.4, 0.5) is 0 Å². The Morgan fingerprint density at radius 2 is 2.29 bits per heavy atom. The number of para-hydroxylation sites is 2. The van der Waals surface area contributed by atoms with Gasteiger partial charge in [0.15, 0.2) is 0 Å². The largest absolute Gasteiger partial charge is 0.352 e. The molecule has 1 aliphatic rings. The Balaban J connectivity index is 1.94. The summed E-state index contributed by atoms with van der Waals surface area (Å²) in [4.78, 5) is 15.7. The van der Waals surface area contributed by atoms with E-state index in [0.717, 1.165) is 29.8 Å². The lowest BCUT2D eigenvalue weighted by Crippen LogP contribution is -2.29. The van der Waals surface area contributed by atoms with E-state index in [9.17, 15) is 4.79 Å². The van der Waals surface area contributed by atoms with E-state index in [1.807, 2.05) is 25.1 Å². The van der Waals surface area contributed by atoms with Crippen LogP contribution >= 0.6 is 0 Å². The van der Waals surface area contributed by atoms with E-state index in [1.165, 1.54) is 0 Å². The smallest absolute Gasteiger partial charge is 0.220 e. The van der Waals surface area contributed by atoms with Crippen LogP contribution in [0.3, 0.4) is 0 Å². The SMILES string of the molecule is Cc1nc2ccccc2n1CC1CCC(=O)N1. The number of amides is 1. The van der Waals surface area contributed by atoms with Gasteiger partial charge in [-0.05, 0) is 25.5 Å². The topological polar surface area (TPSA) is 46.9 Å². The minimum absolute atomic E-state index is 0.164. The molecule has 4 heteroatoms. The van der Waals surface area contributed by atoms with Gasteiger partial charge in [-0.2, -0.15) is 0 Å². The molecule has 0 bridgehead atoms. The van der Waals surface area contributed by atoms with Crippen LogP contribution in [0.5, 0.6) is 0 Å². The van der Waals surface area contributed by atoms with E-state index in [2.05, 4.69) is 20.9 Å². The van der Waals surface area contributed by atoms with Gasteiger partial charge in [-0.25, -0.2) is 4.98 Å². The first-order chi connectivity index (χ1) is 8.24. The summed E-state index contributed by atoms with van der Waals surface area (Å²) in [6.45, 7) is 2.83. The summed E-state index contributed by atoms with van der Waals surface area (Å²) >= 11 is 0. The molecule has 0 radical (unpaired) electrons. The third-order valence-corrected chi connectivity index (χ3v) is 3.33. The fraction of sp³-hybridized carbons (Fsp3) is 0.385. The summed E-state index contributed by atoms with van der Waals surface area (Å²) in [5.74, 6) is 1.17. The van der Waals surface area contributed by atoms with Gasteiger partial charge >= 0.3 is 0 Å². The molecule has 1 aromatic carbocycles. The molecule has 1 N–H and O–H groups in total. The molecular weight excluding hydrogens is 214 g/mol. The lowest BCUT2D eigenvalue weighted by atomic mass is 10.2. The first kappa shape index (κ1) is 10.3. The lowest BCUT2D eigenvalue weighted by Gasteiger charge is -2.13. The molecule has 17 heavy (non-hydrogen) atoms. The van der Waals surface area contributed by atoms with E-state index >= 15 is 0 Å². The molecule has 1 saturated heterocycles. The van der Waals surface area contributed by atoms with Gasteiger partial charge in [-0.3, -0.25) is 4.79 Å². The van der Waals surface area contributed by atoms with Gasteiger partial charge in [0.25, 0.3) is 0 Å². The van der Waals surface area contributed by atoms with Crippen molar-refractivity contribution in [1.82, 2.24) is 14.9 Å². The van der Waals surface area contributed by atoms with E-state index in [4.69, 9.17) is 0 Å². The summed E-state index contributed by atoms with van der Waals surface area (Å²) < 4.78 is 2.19. The molecular formula is C13H15N3O. The molecule has 0 aliphatic carbocycles. The molecule has 1 aliphatic heterocycles. The van der Waals surface area contributed by atoms with Crippen molar-refractivity contribution >= 4 is 16.9 Å². The number of nitrogens with one attached hydrogen (secondary N) is 1. The predicted molar refractivity (Wildman–Crippen MR) is 65.6 cm³/mol. The Labute approximate surface area is 99.6 Å². The highest BCUT2D eigenvalue weighted by atomic mass is 16.1. The van der Waals surface area contributed by atoms with Crippen LogP contribution < -0.4 is 5.32 Å². The van der Waals surface area contributed by atoms with E-state index in [0.29, 0.717) is 6.42 Å². The standard InChI is InChI=1S/C13H15N3O/c1-9-14-11-4-2-3-5-12(11)16(9)8-10-6-7-13(17)15-10/h2-5,10H,6-8H2,1H3,(H,15,17). The second-order valence-electron chi connectivity index (χ2n) is 4.56. The predicted octanol–water partition coefficient (Wildman–Crippen LogP) is 1.62. The average Bonchev–Trinajstić information content (AvgIpc) is 2.85. The molecule has 88 valence electrons. The van der Waals surface area contributed by atoms with E-state index in [1.54, 1.807) is 0 Å². The number of hydrogen-bond acceptors (Lipinski definition) is 2. The van der Waals surface area contributed by atoms with Crippen LogP contribution in [-0.4, -0.2) is 21.5 Å². The van der Waals surface area contributed by atoms with E-state index < -0.39 is 0 Å². The van der Waals surface area contributed by atoms with Crippen LogP contribution in [-0.2, 0) is 11.3 Å². The van der Waals surface area contributed by atoms with Crippen molar-refractivity contribution in [3.05, 3.63) is 30.1 Å². The number of nitrogens with zero attached hydrogens (tertiary/aromatic N) is 2. The maximum Gasteiger partial charge on any atom is 0.220 e. The van der Waals surface area contributed by atoms with Crippen LogP contribution in [0, 0.1) is 6.92 Å². The first-order valence-electron chi connectivity index (χ1n) is 5.95. The zero-order chi connectivity index (χ0) is 11.8. The van der Waals surface area contributed by atoms with Crippen LogP contribution in [0.25, 0.3) is 11.0 Å². The molecule has 0 saturated carbocycles. The minimum atomic E-state index is 0.164. The molecule has 2 aromatic rings. The Kier molecular flexibility index (Phi) is 2.35. The highest BCUT2D eigenvalue weighted by molar-refractivity contribution is 5.78. The monoisotopic (exact) mass is 229 g/mol. The first-order valence-corrected chi connectivity index (χ1v) is 5.95. The fourth-order valence-electron chi connectivity index (χ4n) is 2.46. The van der Waals surface area contributed by atoms with Crippen molar-refractivity contribution in [3.63, 3.8) is 0 Å². The van der Waals surface area contributed by atoms with Gasteiger partial charge in [0.1, 0.15) is 5.82 Å². The molecule has 0 spiro atoms. The average molecular weight is 229 g/mol. The van der Waals surface area contributed by atoms with Crippen LogP contribution in [0.1, 0.15) is 18.7 Å². The fourth-order valence-corrected chi connectivity index (χ4v) is 2.46. The van der Waals surface area contributed by atoms with Crippen molar-refractivity contribution in [2.45, 2.75) is 32.4 Å². The van der Waals surface area contributed by atoms with Gasteiger partial charge in [0.05, 0.1) is 11.0 Å². The number of imidazole rings is 1. The number of aryl methyl sites for hydroxylation is 1. The molecule has 2 heterocycles. The quantitative estimate of drug-likeness (QED) is 0.850. The maximum absolute atomic E-state index is 11.2. The Morgan fingerprint density at radius 1 is 1.47 bits per heavy atom. The maximum atomic E-state index is 11.2. The number of benzene rings is 1. The highest BCUT2D eigenvalue weighted by Crippen LogP contribution is 2.18. The summed E-state index contributed by atoms with van der Waals surface area (Å²) in [5, 5.41) is 3.00. The summed E-state index contributed by atoms with van der Waals surface area (Å²) in [6, 6.07) is 8.36. The van der Waals surface area contributed by atoms with Crippen molar-refractivity contribution in [3.8, 4) is 0 Å². The van der Waals surface area contributed by atoms with Crippen molar-refractivity contribution in [1.29, 1.82) is 0 Å². The Bertz CT molecular complexity index is 573. The lowest BCUT2D eigenvalue weighted by molar-refractivity contribution is -0.119. The number of aromatic nitrogens is 2.